The van der Waals surface area contributed by atoms with Gasteiger partial charge in [0.2, 0.25) is 0 Å². The van der Waals surface area contributed by atoms with E-state index in [-0.39, 0.29) is 12.4 Å². The van der Waals surface area contributed by atoms with Crippen molar-refractivity contribution in [2.75, 3.05) is 6.61 Å². The highest BCUT2D eigenvalue weighted by Crippen LogP contribution is 2.39. The molecule has 1 aliphatic heterocycles. The summed E-state index contributed by atoms with van der Waals surface area (Å²) in [5, 5.41) is 0. The number of ether oxygens (including phenoxy) is 1. The van der Waals surface area contributed by atoms with E-state index in [0.29, 0.717) is 11.9 Å². The van der Waals surface area contributed by atoms with E-state index in [9.17, 15) is 13.2 Å². The highest BCUT2D eigenvalue weighted by Gasteiger charge is 2.52. The SMILES string of the molecule is CC1(C)OB(c2ccc(OCCc3ccccc3)c(C(F)(F)F)c2)OC1(C)C. The fourth-order valence-corrected chi connectivity index (χ4v) is 2.94. The molecule has 1 fully saturated rings. The maximum absolute atomic E-state index is 13.6. The van der Waals surface area contributed by atoms with Crippen LogP contribution in [0.2, 0.25) is 0 Å². The van der Waals surface area contributed by atoms with Gasteiger partial charge in [0.25, 0.3) is 0 Å². The van der Waals surface area contributed by atoms with Gasteiger partial charge >= 0.3 is 13.3 Å². The van der Waals surface area contributed by atoms with E-state index < -0.39 is 30.1 Å². The third-order valence-corrected chi connectivity index (χ3v) is 5.33. The standard InChI is InChI=1S/C21H24BF3O3/c1-19(2)20(3,4)28-22(27-19)16-10-11-18(17(14-16)21(23,24)25)26-13-12-15-8-6-5-7-9-15/h5-11,14H,12-13H2,1-4H3. The van der Waals surface area contributed by atoms with Gasteiger partial charge < -0.3 is 14.0 Å². The van der Waals surface area contributed by atoms with Gasteiger partial charge in [0, 0.05) is 6.42 Å². The Bertz CT molecular complexity index is 803. The molecular weight excluding hydrogens is 368 g/mol. The van der Waals surface area contributed by atoms with Crippen molar-refractivity contribution in [3.05, 3.63) is 59.7 Å². The van der Waals surface area contributed by atoms with Gasteiger partial charge in [-0.25, -0.2) is 0 Å². The molecule has 0 atom stereocenters. The van der Waals surface area contributed by atoms with Crippen LogP contribution in [0, 0.1) is 0 Å². The van der Waals surface area contributed by atoms with Crippen LogP contribution in [0.5, 0.6) is 5.75 Å². The molecule has 28 heavy (non-hydrogen) atoms. The maximum atomic E-state index is 13.6. The Kier molecular flexibility index (Phi) is 5.52. The van der Waals surface area contributed by atoms with Gasteiger partial charge in [-0.15, -0.1) is 0 Å². The third kappa shape index (κ3) is 4.36. The van der Waals surface area contributed by atoms with Crippen LogP contribution < -0.4 is 10.2 Å². The minimum absolute atomic E-state index is 0.156. The van der Waals surface area contributed by atoms with Gasteiger partial charge in [-0.1, -0.05) is 36.4 Å². The summed E-state index contributed by atoms with van der Waals surface area (Å²) < 4.78 is 58.0. The molecule has 0 unspecified atom stereocenters. The lowest BCUT2D eigenvalue weighted by Crippen LogP contribution is -2.41. The molecule has 0 aromatic heterocycles. The van der Waals surface area contributed by atoms with Crippen LogP contribution in [-0.2, 0) is 21.9 Å². The highest BCUT2D eigenvalue weighted by atomic mass is 19.4. The van der Waals surface area contributed by atoms with E-state index in [4.69, 9.17) is 14.0 Å². The number of alkyl halides is 3. The summed E-state index contributed by atoms with van der Waals surface area (Å²) in [6.07, 6.45) is -4.02. The van der Waals surface area contributed by atoms with E-state index in [1.54, 1.807) is 6.07 Å². The van der Waals surface area contributed by atoms with Crippen molar-refractivity contribution in [3.8, 4) is 5.75 Å². The summed E-state index contributed by atoms with van der Waals surface area (Å²) in [5.74, 6) is -0.191. The Morgan fingerprint density at radius 1 is 0.929 bits per heavy atom. The molecule has 0 spiro atoms. The average molecular weight is 392 g/mol. The molecule has 0 saturated carbocycles. The molecule has 3 rings (SSSR count). The fourth-order valence-electron chi connectivity index (χ4n) is 2.94. The summed E-state index contributed by atoms with van der Waals surface area (Å²) in [5.41, 5.74) is -0.749. The summed E-state index contributed by atoms with van der Waals surface area (Å²) in [6, 6.07) is 13.4. The molecule has 0 N–H and O–H groups in total. The monoisotopic (exact) mass is 392 g/mol. The molecule has 1 aliphatic rings. The molecule has 0 bridgehead atoms. The molecule has 3 nitrogen and oxygen atoms in total. The van der Waals surface area contributed by atoms with Gasteiger partial charge in [-0.2, -0.15) is 13.2 Å². The summed E-state index contributed by atoms with van der Waals surface area (Å²) in [7, 11) is -0.857. The van der Waals surface area contributed by atoms with Crippen molar-refractivity contribution in [1.82, 2.24) is 0 Å². The lowest BCUT2D eigenvalue weighted by Gasteiger charge is -2.32. The molecule has 2 aromatic rings. The Morgan fingerprint density at radius 2 is 1.54 bits per heavy atom. The van der Waals surface area contributed by atoms with Crippen LogP contribution in [0.15, 0.2) is 48.5 Å². The topological polar surface area (TPSA) is 27.7 Å². The zero-order valence-corrected chi connectivity index (χ0v) is 16.5. The molecule has 0 amide bonds. The molecule has 0 radical (unpaired) electrons. The summed E-state index contributed by atoms with van der Waals surface area (Å²) >= 11 is 0. The second-order valence-electron chi connectivity index (χ2n) is 7.93. The second kappa shape index (κ2) is 7.45. The van der Waals surface area contributed by atoms with Gasteiger partial charge in [-0.3, -0.25) is 0 Å². The zero-order valence-electron chi connectivity index (χ0n) is 16.5. The Morgan fingerprint density at radius 3 is 2.11 bits per heavy atom. The highest BCUT2D eigenvalue weighted by molar-refractivity contribution is 6.62. The first-order valence-electron chi connectivity index (χ1n) is 9.23. The van der Waals surface area contributed by atoms with Crippen LogP contribution in [0.4, 0.5) is 13.2 Å². The van der Waals surface area contributed by atoms with E-state index >= 15 is 0 Å². The smallest absolute Gasteiger partial charge is 0.493 e. The maximum Gasteiger partial charge on any atom is 0.494 e. The minimum Gasteiger partial charge on any atom is -0.493 e. The zero-order chi connectivity index (χ0) is 20.6. The number of hydrogen-bond donors (Lipinski definition) is 0. The second-order valence-corrected chi connectivity index (χ2v) is 7.93. The van der Waals surface area contributed by atoms with Gasteiger partial charge in [0.15, 0.2) is 0 Å². The molecule has 7 heteroatoms. The summed E-state index contributed by atoms with van der Waals surface area (Å²) in [4.78, 5) is 0. The van der Waals surface area contributed by atoms with E-state index in [0.717, 1.165) is 11.6 Å². The van der Waals surface area contributed by atoms with Gasteiger partial charge in [0.05, 0.1) is 23.4 Å². The lowest BCUT2D eigenvalue weighted by molar-refractivity contribution is -0.138. The first kappa shape index (κ1) is 20.7. The number of halogens is 3. The Hall–Kier alpha value is -1.99. The summed E-state index contributed by atoms with van der Waals surface area (Å²) in [6.45, 7) is 7.60. The number of hydrogen-bond acceptors (Lipinski definition) is 3. The van der Waals surface area contributed by atoms with E-state index in [2.05, 4.69) is 0 Å². The third-order valence-electron chi connectivity index (χ3n) is 5.33. The predicted octanol–water partition coefficient (Wildman–Crippen LogP) is 4.63. The van der Waals surface area contributed by atoms with Crippen LogP contribution >= 0.6 is 0 Å². The van der Waals surface area contributed by atoms with Crippen molar-refractivity contribution < 1.29 is 27.2 Å². The quantitative estimate of drug-likeness (QED) is 0.695. The van der Waals surface area contributed by atoms with E-state index in [1.807, 2.05) is 58.0 Å². The first-order chi connectivity index (χ1) is 13.0. The van der Waals surface area contributed by atoms with Crippen LogP contribution in [0.25, 0.3) is 0 Å². The van der Waals surface area contributed by atoms with Crippen molar-refractivity contribution >= 4 is 12.6 Å². The largest absolute Gasteiger partial charge is 0.494 e. The molecular formula is C21H24BF3O3. The average Bonchev–Trinajstić information content (AvgIpc) is 2.83. The lowest BCUT2D eigenvalue weighted by atomic mass is 9.78. The van der Waals surface area contributed by atoms with Crippen molar-refractivity contribution in [2.45, 2.75) is 51.5 Å². The van der Waals surface area contributed by atoms with Gasteiger partial charge in [0.1, 0.15) is 5.75 Å². The van der Waals surface area contributed by atoms with Crippen molar-refractivity contribution in [1.29, 1.82) is 0 Å². The van der Waals surface area contributed by atoms with Crippen LogP contribution in [-0.4, -0.2) is 24.9 Å². The molecule has 0 aliphatic carbocycles. The van der Waals surface area contributed by atoms with Crippen LogP contribution in [0.1, 0.15) is 38.8 Å². The van der Waals surface area contributed by atoms with Crippen molar-refractivity contribution in [2.24, 2.45) is 0 Å². The van der Waals surface area contributed by atoms with Crippen LogP contribution in [0.3, 0.4) is 0 Å². The molecule has 150 valence electrons. The molecule has 1 saturated heterocycles. The molecule has 2 aromatic carbocycles. The molecule has 1 heterocycles. The Labute approximate surface area is 163 Å². The first-order valence-corrected chi connectivity index (χ1v) is 9.23. The van der Waals surface area contributed by atoms with Gasteiger partial charge in [-0.05, 0) is 50.9 Å². The van der Waals surface area contributed by atoms with Crippen molar-refractivity contribution in [3.63, 3.8) is 0 Å². The fraction of sp³-hybridized carbons (Fsp3) is 0.429. The Balaban J connectivity index is 1.79. The van der Waals surface area contributed by atoms with E-state index in [1.165, 1.54) is 6.07 Å². The number of benzene rings is 2. The minimum atomic E-state index is -4.54. The number of rotatable bonds is 5. The predicted molar refractivity (Wildman–Crippen MR) is 103 cm³/mol. The normalized spacial score (nSPS) is 18.3.